The SMILES string of the molecule is O=C1C/C(=C\c2cccc(Cl)c2Cl)C(=O)N1c1ccccc1. The highest BCUT2D eigenvalue weighted by atomic mass is 35.5. The Morgan fingerprint density at radius 2 is 1.68 bits per heavy atom. The molecule has 1 saturated heterocycles. The highest BCUT2D eigenvalue weighted by Crippen LogP contribution is 2.31. The minimum atomic E-state index is -0.327. The topological polar surface area (TPSA) is 37.4 Å². The van der Waals surface area contributed by atoms with Crippen LogP contribution in [0.4, 0.5) is 5.69 Å². The van der Waals surface area contributed by atoms with Gasteiger partial charge in [0.2, 0.25) is 5.91 Å². The van der Waals surface area contributed by atoms with E-state index >= 15 is 0 Å². The highest BCUT2D eigenvalue weighted by Gasteiger charge is 2.34. The normalized spacial score (nSPS) is 16.6. The number of para-hydroxylation sites is 1. The van der Waals surface area contributed by atoms with Crippen molar-refractivity contribution in [1.29, 1.82) is 0 Å². The molecule has 2 aromatic carbocycles. The van der Waals surface area contributed by atoms with Crippen LogP contribution in [0.25, 0.3) is 6.08 Å². The minimum absolute atomic E-state index is 0.0522. The summed E-state index contributed by atoms with van der Waals surface area (Å²) in [7, 11) is 0. The molecular formula is C17H11Cl2NO2. The van der Waals surface area contributed by atoms with E-state index in [0.29, 0.717) is 26.9 Å². The summed E-state index contributed by atoms with van der Waals surface area (Å²) in [5.41, 5.74) is 1.59. The molecule has 110 valence electrons. The third kappa shape index (κ3) is 2.65. The second-order valence-corrected chi connectivity index (χ2v) is 5.64. The maximum atomic E-state index is 12.5. The molecule has 1 aliphatic rings. The van der Waals surface area contributed by atoms with Crippen molar-refractivity contribution in [2.24, 2.45) is 0 Å². The fourth-order valence-corrected chi connectivity index (χ4v) is 2.71. The van der Waals surface area contributed by atoms with E-state index in [1.165, 1.54) is 4.90 Å². The molecule has 1 aliphatic heterocycles. The van der Waals surface area contributed by atoms with Gasteiger partial charge in [-0.1, -0.05) is 53.5 Å². The molecule has 0 N–H and O–H groups in total. The average molecular weight is 332 g/mol. The van der Waals surface area contributed by atoms with E-state index < -0.39 is 0 Å². The lowest BCUT2D eigenvalue weighted by molar-refractivity contribution is -0.120. The number of hydrogen-bond acceptors (Lipinski definition) is 2. The fraction of sp³-hybridized carbons (Fsp3) is 0.0588. The van der Waals surface area contributed by atoms with Gasteiger partial charge in [-0.2, -0.15) is 0 Å². The first-order valence-electron chi connectivity index (χ1n) is 6.65. The van der Waals surface area contributed by atoms with Gasteiger partial charge >= 0.3 is 0 Å². The number of carbonyl (C=O) groups excluding carboxylic acids is 2. The average Bonchev–Trinajstić information content (AvgIpc) is 2.79. The Labute approximate surface area is 137 Å². The molecule has 0 radical (unpaired) electrons. The largest absolute Gasteiger partial charge is 0.274 e. The number of imide groups is 1. The molecule has 1 heterocycles. The van der Waals surface area contributed by atoms with Crippen LogP contribution in [0.5, 0.6) is 0 Å². The van der Waals surface area contributed by atoms with Gasteiger partial charge in [-0.15, -0.1) is 0 Å². The number of benzene rings is 2. The summed E-state index contributed by atoms with van der Waals surface area (Å²) in [6.45, 7) is 0. The smallest absolute Gasteiger partial charge is 0.261 e. The maximum Gasteiger partial charge on any atom is 0.261 e. The van der Waals surface area contributed by atoms with Gasteiger partial charge in [0.25, 0.3) is 5.91 Å². The number of nitrogens with zero attached hydrogens (tertiary/aromatic N) is 1. The van der Waals surface area contributed by atoms with Gasteiger partial charge < -0.3 is 0 Å². The lowest BCUT2D eigenvalue weighted by Gasteiger charge is -2.12. The molecule has 0 aromatic heterocycles. The molecule has 2 amide bonds. The van der Waals surface area contributed by atoms with Crippen molar-refractivity contribution in [3.8, 4) is 0 Å². The van der Waals surface area contributed by atoms with Crippen LogP contribution in [0.15, 0.2) is 54.1 Å². The second-order valence-electron chi connectivity index (χ2n) is 4.86. The van der Waals surface area contributed by atoms with Crippen LogP contribution in [0.2, 0.25) is 10.0 Å². The highest BCUT2D eigenvalue weighted by molar-refractivity contribution is 6.43. The van der Waals surface area contributed by atoms with Crippen molar-refractivity contribution in [2.75, 3.05) is 4.90 Å². The number of rotatable bonds is 2. The molecule has 0 unspecified atom stereocenters. The second kappa shape index (κ2) is 5.95. The zero-order chi connectivity index (χ0) is 15.7. The van der Waals surface area contributed by atoms with Crippen molar-refractivity contribution >= 4 is 46.8 Å². The Kier molecular flexibility index (Phi) is 4.01. The zero-order valence-corrected chi connectivity index (χ0v) is 12.9. The van der Waals surface area contributed by atoms with Gasteiger partial charge in [-0.05, 0) is 29.8 Å². The fourth-order valence-electron chi connectivity index (χ4n) is 2.35. The summed E-state index contributed by atoms with van der Waals surface area (Å²) in [6, 6.07) is 14.0. The molecule has 0 spiro atoms. The van der Waals surface area contributed by atoms with E-state index in [1.807, 2.05) is 6.07 Å². The molecule has 22 heavy (non-hydrogen) atoms. The van der Waals surface area contributed by atoms with E-state index in [9.17, 15) is 9.59 Å². The van der Waals surface area contributed by atoms with Crippen molar-refractivity contribution in [1.82, 2.24) is 0 Å². The predicted molar refractivity (Wildman–Crippen MR) is 88.0 cm³/mol. The predicted octanol–water partition coefficient (Wildman–Crippen LogP) is 4.34. The van der Waals surface area contributed by atoms with E-state index in [1.54, 1.807) is 48.5 Å². The monoisotopic (exact) mass is 331 g/mol. The van der Waals surface area contributed by atoms with Crippen LogP contribution >= 0.6 is 23.2 Å². The Morgan fingerprint density at radius 1 is 0.955 bits per heavy atom. The number of amides is 2. The Morgan fingerprint density at radius 3 is 2.41 bits per heavy atom. The van der Waals surface area contributed by atoms with Crippen LogP contribution in [-0.4, -0.2) is 11.8 Å². The molecule has 0 saturated carbocycles. The molecule has 3 rings (SSSR count). The first-order valence-corrected chi connectivity index (χ1v) is 7.40. The molecule has 5 heteroatoms. The van der Waals surface area contributed by atoms with Gasteiger partial charge in [0.05, 0.1) is 22.2 Å². The van der Waals surface area contributed by atoms with Gasteiger partial charge in [-0.25, -0.2) is 4.90 Å². The number of hydrogen-bond donors (Lipinski definition) is 0. The first kappa shape index (κ1) is 14.8. The third-order valence-corrected chi connectivity index (χ3v) is 4.23. The van der Waals surface area contributed by atoms with Crippen LogP contribution in [-0.2, 0) is 9.59 Å². The van der Waals surface area contributed by atoms with E-state index in [2.05, 4.69) is 0 Å². The van der Waals surface area contributed by atoms with Crippen molar-refractivity contribution in [2.45, 2.75) is 6.42 Å². The summed E-state index contributed by atoms with van der Waals surface area (Å²) in [5, 5.41) is 0.780. The summed E-state index contributed by atoms with van der Waals surface area (Å²) in [4.78, 5) is 25.8. The van der Waals surface area contributed by atoms with Gasteiger partial charge in [-0.3, -0.25) is 9.59 Å². The summed E-state index contributed by atoms with van der Waals surface area (Å²) in [5.74, 6) is -0.576. The Balaban J connectivity index is 1.98. The van der Waals surface area contributed by atoms with Gasteiger partial charge in [0.1, 0.15) is 0 Å². The van der Waals surface area contributed by atoms with Crippen molar-refractivity contribution in [3.63, 3.8) is 0 Å². The Hall–Kier alpha value is -2.10. The number of carbonyl (C=O) groups is 2. The Bertz CT molecular complexity index is 785. The van der Waals surface area contributed by atoms with E-state index in [0.717, 1.165) is 0 Å². The molecule has 0 bridgehead atoms. The lowest BCUT2D eigenvalue weighted by atomic mass is 10.1. The standard InChI is InChI=1S/C17H11Cl2NO2/c18-14-8-4-5-11(16(14)19)9-12-10-15(21)20(17(12)22)13-6-2-1-3-7-13/h1-9H,10H2/b12-9+. The zero-order valence-electron chi connectivity index (χ0n) is 11.4. The van der Waals surface area contributed by atoms with Crippen LogP contribution in [0.3, 0.4) is 0 Å². The summed E-state index contributed by atoms with van der Waals surface area (Å²) in [6.07, 6.45) is 1.67. The minimum Gasteiger partial charge on any atom is -0.274 e. The number of halogens is 2. The molecule has 1 fully saturated rings. The molecule has 3 nitrogen and oxygen atoms in total. The molecule has 2 aromatic rings. The van der Waals surface area contributed by atoms with Crippen LogP contribution in [0.1, 0.15) is 12.0 Å². The molecular weight excluding hydrogens is 321 g/mol. The molecule has 0 atom stereocenters. The van der Waals surface area contributed by atoms with Crippen LogP contribution in [0, 0.1) is 0 Å². The van der Waals surface area contributed by atoms with Gasteiger partial charge in [0, 0.05) is 5.57 Å². The van der Waals surface area contributed by atoms with Crippen molar-refractivity contribution < 1.29 is 9.59 Å². The van der Waals surface area contributed by atoms with E-state index in [4.69, 9.17) is 23.2 Å². The molecule has 0 aliphatic carbocycles. The van der Waals surface area contributed by atoms with Crippen LogP contribution < -0.4 is 4.90 Å². The third-order valence-electron chi connectivity index (χ3n) is 3.39. The van der Waals surface area contributed by atoms with Gasteiger partial charge in [0.15, 0.2) is 0 Å². The first-order chi connectivity index (χ1) is 10.6. The summed E-state index contributed by atoms with van der Waals surface area (Å²) >= 11 is 12.1. The van der Waals surface area contributed by atoms with E-state index in [-0.39, 0.29) is 18.2 Å². The lowest BCUT2D eigenvalue weighted by Crippen LogP contribution is -2.28. The van der Waals surface area contributed by atoms with Crippen molar-refractivity contribution in [3.05, 3.63) is 69.7 Å². The number of anilines is 1. The maximum absolute atomic E-state index is 12.5. The summed E-state index contributed by atoms with van der Waals surface area (Å²) < 4.78 is 0. The quantitative estimate of drug-likeness (QED) is 0.606.